The van der Waals surface area contributed by atoms with E-state index in [0.717, 1.165) is 0 Å². The fourth-order valence-corrected chi connectivity index (χ4v) is 2.25. The number of halogens is 1. The zero-order chi connectivity index (χ0) is 10.9. The van der Waals surface area contributed by atoms with Crippen molar-refractivity contribution in [1.29, 1.82) is 0 Å². The second kappa shape index (κ2) is 4.24. The largest absolute Gasteiger partial charge is 0.349 e. The molecule has 0 bridgehead atoms. The number of alkyl halides is 1. The lowest BCUT2D eigenvalue weighted by Crippen LogP contribution is -2.41. The van der Waals surface area contributed by atoms with Crippen LogP contribution in [0, 0.1) is 0 Å². The zero-order valence-electron chi connectivity index (χ0n) is 8.94. The first-order valence-corrected chi connectivity index (χ1v) is 6.01. The fraction of sp³-hybridized carbons (Fsp3) is 0.500. The summed E-state index contributed by atoms with van der Waals surface area (Å²) in [5.41, 5.74) is 1.19. The quantitative estimate of drug-likeness (QED) is 0.730. The first-order chi connectivity index (χ1) is 7.08. The summed E-state index contributed by atoms with van der Waals surface area (Å²) in [6, 6.07) is 10.2. The summed E-state index contributed by atoms with van der Waals surface area (Å²) in [6.45, 7) is 4.57. The van der Waals surface area contributed by atoms with Gasteiger partial charge in [-0.25, -0.2) is 0 Å². The molecule has 0 N–H and O–H groups in total. The molecule has 1 aromatic carbocycles. The highest BCUT2D eigenvalue weighted by Crippen LogP contribution is 2.36. The molecule has 0 amide bonds. The van der Waals surface area contributed by atoms with E-state index in [9.17, 15) is 0 Å². The molecule has 1 heterocycles. The molecule has 0 aromatic heterocycles. The Hall–Kier alpha value is -0.380. The van der Waals surface area contributed by atoms with Crippen LogP contribution in [0.3, 0.4) is 0 Å². The molecule has 1 aliphatic heterocycles. The SMILES string of the molecule is CC1(C)OCC(Br)C(c2ccccc2)O1. The van der Waals surface area contributed by atoms with Crippen LogP contribution in [0.15, 0.2) is 30.3 Å². The van der Waals surface area contributed by atoms with Gasteiger partial charge in [0.25, 0.3) is 0 Å². The Bertz CT molecular complexity index is 324. The molecule has 3 heteroatoms. The third kappa shape index (κ3) is 2.60. The molecule has 1 saturated heterocycles. The van der Waals surface area contributed by atoms with Gasteiger partial charge < -0.3 is 9.47 Å². The maximum atomic E-state index is 5.90. The van der Waals surface area contributed by atoms with Crippen molar-refractivity contribution < 1.29 is 9.47 Å². The van der Waals surface area contributed by atoms with Crippen molar-refractivity contribution in [3.63, 3.8) is 0 Å². The van der Waals surface area contributed by atoms with Crippen molar-refractivity contribution >= 4 is 15.9 Å². The van der Waals surface area contributed by atoms with Gasteiger partial charge in [-0.05, 0) is 19.4 Å². The van der Waals surface area contributed by atoms with Crippen LogP contribution >= 0.6 is 15.9 Å². The summed E-state index contributed by atoms with van der Waals surface area (Å²) in [5.74, 6) is -0.495. The summed E-state index contributed by atoms with van der Waals surface area (Å²) in [6.07, 6.45) is 0.0648. The van der Waals surface area contributed by atoms with Gasteiger partial charge in [0.15, 0.2) is 5.79 Å². The van der Waals surface area contributed by atoms with E-state index in [1.165, 1.54) is 5.56 Å². The van der Waals surface area contributed by atoms with Crippen LogP contribution in [0.2, 0.25) is 0 Å². The lowest BCUT2D eigenvalue weighted by molar-refractivity contribution is -0.271. The molecule has 0 radical (unpaired) electrons. The molecule has 1 aliphatic rings. The Morgan fingerprint density at radius 1 is 1.27 bits per heavy atom. The lowest BCUT2D eigenvalue weighted by atomic mass is 10.1. The smallest absolute Gasteiger partial charge is 0.163 e. The third-order valence-corrected chi connectivity index (χ3v) is 3.20. The monoisotopic (exact) mass is 270 g/mol. The van der Waals surface area contributed by atoms with Crippen molar-refractivity contribution in [2.45, 2.75) is 30.6 Å². The Morgan fingerprint density at radius 2 is 1.93 bits per heavy atom. The van der Waals surface area contributed by atoms with Gasteiger partial charge in [-0.3, -0.25) is 0 Å². The summed E-state index contributed by atoms with van der Waals surface area (Å²) in [5, 5.41) is 0. The van der Waals surface area contributed by atoms with Crippen LogP contribution in [0.5, 0.6) is 0 Å². The molecule has 0 spiro atoms. The predicted molar refractivity (Wildman–Crippen MR) is 63.0 cm³/mol. The number of hydrogen-bond donors (Lipinski definition) is 0. The second-order valence-electron chi connectivity index (χ2n) is 4.18. The minimum absolute atomic E-state index is 0.0648. The highest BCUT2D eigenvalue weighted by atomic mass is 79.9. The van der Waals surface area contributed by atoms with Crippen LogP contribution in [0.1, 0.15) is 25.5 Å². The lowest BCUT2D eigenvalue weighted by Gasteiger charge is -2.39. The van der Waals surface area contributed by atoms with Crippen molar-refractivity contribution in [1.82, 2.24) is 0 Å². The molecule has 0 saturated carbocycles. The van der Waals surface area contributed by atoms with Gasteiger partial charge in [-0.15, -0.1) is 0 Å². The third-order valence-electron chi connectivity index (χ3n) is 2.46. The molecule has 0 aliphatic carbocycles. The minimum Gasteiger partial charge on any atom is -0.349 e. The van der Waals surface area contributed by atoms with E-state index in [2.05, 4.69) is 28.1 Å². The number of ether oxygens (including phenoxy) is 2. The van der Waals surface area contributed by atoms with Gasteiger partial charge in [-0.2, -0.15) is 0 Å². The molecule has 1 aromatic rings. The van der Waals surface area contributed by atoms with Crippen molar-refractivity contribution in [3.05, 3.63) is 35.9 Å². The second-order valence-corrected chi connectivity index (χ2v) is 5.35. The first kappa shape index (κ1) is 11.1. The number of hydrogen-bond acceptors (Lipinski definition) is 2. The Morgan fingerprint density at radius 3 is 2.60 bits per heavy atom. The van der Waals surface area contributed by atoms with Crippen LogP contribution < -0.4 is 0 Å². The zero-order valence-corrected chi connectivity index (χ0v) is 10.5. The highest BCUT2D eigenvalue weighted by molar-refractivity contribution is 9.09. The molecule has 2 nitrogen and oxygen atoms in total. The first-order valence-electron chi connectivity index (χ1n) is 5.09. The van der Waals surface area contributed by atoms with Gasteiger partial charge in [0.2, 0.25) is 0 Å². The molecular formula is C12H15BrO2. The van der Waals surface area contributed by atoms with Gasteiger partial charge >= 0.3 is 0 Å². The summed E-state index contributed by atoms with van der Waals surface area (Å²) in [4.78, 5) is 0.216. The van der Waals surface area contributed by atoms with Crippen LogP contribution in [0.4, 0.5) is 0 Å². The normalized spacial score (nSPS) is 30.1. The molecular weight excluding hydrogens is 256 g/mol. The van der Waals surface area contributed by atoms with E-state index in [0.29, 0.717) is 6.61 Å². The maximum absolute atomic E-state index is 5.90. The van der Waals surface area contributed by atoms with Crippen LogP contribution in [-0.2, 0) is 9.47 Å². The van der Waals surface area contributed by atoms with E-state index < -0.39 is 5.79 Å². The minimum atomic E-state index is -0.495. The molecule has 1 fully saturated rings. The molecule has 15 heavy (non-hydrogen) atoms. The summed E-state index contributed by atoms with van der Waals surface area (Å²) >= 11 is 3.59. The fourth-order valence-electron chi connectivity index (χ4n) is 1.70. The van der Waals surface area contributed by atoms with Crippen molar-refractivity contribution in [2.24, 2.45) is 0 Å². The van der Waals surface area contributed by atoms with Crippen LogP contribution in [0.25, 0.3) is 0 Å². The molecule has 82 valence electrons. The topological polar surface area (TPSA) is 18.5 Å². The predicted octanol–water partition coefficient (Wildman–Crippen LogP) is 3.27. The van der Waals surface area contributed by atoms with Gasteiger partial charge in [0.05, 0.1) is 11.4 Å². The summed E-state index contributed by atoms with van der Waals surface area (Å²) < 4.78 is 11.5. The number of rotatable bonds is 1. The van der Waals surface area contributed by atoms with Gasteiger partial charge in [0, 0.05) is 0 Å². The molecule has 2 atom stereocenters. The Labute approximate surface area is 98.7 Å². The van der Waals surface area contributed by atoms with E-state index in [4.69, 9.17) is 9.47 Å². The average Bonchev–Trinajstić information content (AvgIpc) is 2.23. The Balaban J connectivity index is 2.20. The van der Waals surface area contributed by atoms with E-state index >= 15 is 0 Å². The molecule has 2 rings (SSSR count). The van der Waals surface area contributed by atoms with E-state index in [-0.39, 0.29) is 10.9 Å². The standard InChI is InChI=1S/C12H15BrO2/c1-12(2)14-8-10(13)11(15-12)9-6-4-3-5-7-9/h3-7,10-11H,8H2,1-2H3. The van der Waals surface area contributed by atoms with Crippen LogP contribution in [-0.4, -0.2) is 17.2 Å². The highest BCUT2D eigenvalue weighted by Gasteiger charge is 2.35. The van der Waals surface area contributed by atoms with Gasteiger partial charge in [-0.1, -0.05) is 46.3 Å². The molecule has 2 unspecified atom stereocenters. The van der Waals surface area contributed by atoms with Crippen molar-refractivity contribution in [3.8, 4) is 0 Å². The Kier molecular flexibility index (Phi) is 3.14. The summed E-state index contributed by atoms with van der Waals surface area (Å²) in [7, 11) is 0. The van der Waals surface area contributed by atoms with Gasteiger partial charge in [0.1, 0.15) is 6.10 Å². The maximum Gasteiger partial charge on any atom is 0.163 e. The van der Waals surface area contributed by atoms with E-state index in [1.54, 1.807) is 0 Å². The average molecular weight is 271 g/mol. The number of benzene rings is 1. The van der Waals surface area contributed by atoms with E-state index in [1.807, 2.05) is 32.0 Å². The van der Waals surface area contributed by atoms with Crippen molar-refractivity contribution in [2.75, 3.05) is 6.61 Å².